The highest BCUT2D eigenvalue weighted by Gasteiger charge is 2.13. The molecule has 0 aliphatic heterocycles. The van der Waals surface area contributed by atoms with Crippen molar-refractivity contribution in [1.29, 1.82) is 0 Å². The smallest absolute Gasteiger partial charge is 0.142 e. The zero-order valence-corrected chi connectivity index (χ0v) is 12.4. The molecule has 1 aliphatic rings. The molecule has 0 saturated heterocycles. The summed E-state index contributed by atoms with van der Waals surface area (Å²) in [5, 5.41) is 0. The highest BCUT2D eigenvalue weighted by molar-refractivity contribution is 9.10. The maximum Gasteiger partial charge on any atom is 0.142 e. The van der Waals surface area contributed by atoms with E-state index in [4.69, 9.17) is 10.8 Å². The van der Waals surface area contributed by atoms with Gasteiger partial charge in [0.15, 0.2) is 0 Å². The average Bonchev–Trinajstić information content (AvgIpc) is 2.68. The van der Waals surface area contributed by atoms with E-state index in [0.717, 1.165) is 18.4 Å². The number of hydrogen-bond donors (Lipinski definition) is 2. The highest BCUT2D eigenvalue weighted by atomic mass is 79.9. The standard InChI is InChI=1S/C14H19BrFN3/c15-12-9-10(7-8-13(12)16)14(19-17)18-11-5-3-1-2-4-6-11/h7-9,11H,1-6,17H2,(H,18,19). The van der Waals surface area contributed by atoms with Crippen LogP contribution >= 0.6 is 15.9 Å². The van der Waals surface area contributed by atoms with Gasteiger partial charge in [0.05, 0.1) is 10.5 Å². The first kappa shape index (κ1) is 14.5. The molecule has 0 radical (unpaired) electrons. The molecule has 0 unspecified atom stereocenters. The van der Waals surface area contributed by atoms with Crippen molar-refractivity contribution < 1.29 is 4.39 Å². The van der Waals surface area contributed by atoms with Gasteiger partial charge in [-0.2, -0.15) is 0 Å². The number of amidine groups is 1. The Morgan fingerprint density at radius 2 is 1.95 bits per heavy atom. The van der Waals surface area contributed by atoms with Crippen LogP contribution in [0.1, 0.15) is 44.1 Å². The van der Waals surface area contributed by atoms with E-state index in [-0.39, 0.29) is 5.82 Å². The molecule has 0 aromatic heterocycles. The van der Waals surface area contributed by atoms with E-state index in [0.29, 0.717) is 16.4 Å². The molecular weight excluding hydrogens is 309 g/mol. The van der Waals surface area contributed by atoms with Crippen molar-refractivity contribution >= 4 is 21.8 Å². The fraction of sp³-hybridized carbons (Fsp3) is 0.500. The molecule has 104 valence electrons. The number of benzene rings is 1. The third-order valence-electron chi connectivity index (χ3n) is 3.47. The molecule has 3 N–H and O–H groups in total. The normalized spacial score (nSPS) is 18.2. The summed E-state index contributed by atoms with van der Waals surface area (Å²) in [7, 11) is 0. The van der Waals surface area contributed by atoms with Gasteiger partial charge in [0.1, 0.15) is 11.7 Å². The van der Waals surface area contributed by atoms with Crippen molar-refractivity contribution in [3.8, 4) is 0 Å². The van der Waals surface area contributed by atoms with Gasteiger partial charge in [0.2, 0.25) is 0 Å². The number of rotatable bonds is 2. The Hall–Kier alpha value is -0.940. The van der Waals surface area contributed by atoms with Gasteiger partial charge >= 0.3 is 0 Å². The number of hydrazine groups is 1. The molecule has 19 heavy (non-hydrogen) atoms. The van der Waals surface area contributed by atoms with Crippen molar-refractivity contribution in [3.05, 3.63) is 34.1 Å². The topological polar surface area (TPSA) is 50.4 Å². The summed E-state index contributed by atoms with van der Waals surface area (Å²) in [5.74, 6) is 5.91. The van der Waals surface area contributed by atoms with E-state index >= 15 is 0 Å². The molecule has 3 nitrogen and oxygen atoms in total. The van der Waals surface area contributed by atoms with Crippen LogP contribution in [0.4, 0.5) is 4.39 Å². The van der Waals surface area contributed by atoms with Crippen molar-refractivity contribution in [2.75, 3.05) is 0 Å². The first-order valence-corrected chi connectivity index (χ1v) is 7.50. The lowest BCUT2D eigenvalue weighted by Gasteiger charge is -2.13. The molecule has 5 heteroatoms. The minimum Gasteiger partial charge on any atom is -0.308 e. The quantitative estimate of drug-likeness (QED) is 0.287. The lowest BCUT2D eigenvalue weighted by molar-refractivity contribution is 0.583. The van der Waals surface area contributed by atoms with Crippen molar-refractivity contribution in [1.82, 2.24) is 5.43 Å². The minimum absolute atomic E-state index is 0.283. The fourth-order valence-electron chi connectivity index (χ4n) is 2.41. The molecule has 0 bridgehead atoms. The van der Waals surface area contributed by atoms with Gasteiger partial charge in [-0.15, -0.1) is 0 Å². The monoisotopic (exact) mass is 327 g/mol. The van der Waals surface area contributed by atoms with E-state index in [1.54, 1.807) is 12.1 Å². The van der Waals surface area contributed by atoms with Gasteiger partial charge < -0.3 is 5.43 Å². The summed E-state index contributed by atoms with van der Waals surface area (Å²) in [5.41, 5.74) is 3.45. The Morgan fingerprint density at radius 3 is 2.53 bits per heavy atom. The van der Waals surface area contributed by atoms with E-state index in [2.05, 4.69) is 21.4 Å². The number of nitrogens with two attached hydrogens (primary N) is 1. The second kappa shape index (κ2) is 7.01. The number of aliphatic imine (C=N–C) groups is 1. The summed E-state index contributed by atoms with van der Waals surface area (Å²) < 4.78 is 13.7. The summed E-state index contributed by atoms with van der Waals surface area (Å²) in [6, 6.07) is 5.12. The van der Waals surface area contributed by atoms with Gasteiger partial charge in [0.25, 0.3) is 0 Å². The van der Waals surface area contributed by atoms with Gasteiger partial charge in [-0.1, -0.05) is 25.7 Å². The maximum absolute atomic E-state index is 13.2. The van der Waals surface area contributed by atoms with Gasteiger partial charge in [-0.05, 0) is 47.0 Å². The maximum atomic E-state index is 13.2. The first-order chi connectivity index (χ1) is 9.20. The molecule has 1 saturated carbocycles. The Bertz CT molecular complexity index is 454. The molecule has 1 aromatic rings. The highest BCUT2D eigenvalue weighted by Crippen LogP contribution is 2.21. The second-order valence-electron chi connectivity index (χ2n) is 4.90. The zero-order chi connectivity index (χ0) is 13.7. The Labute approximate surface area is 121 Å². The molecule has 1 aromatic carbocycles. The fourth-order valence-corrected chi connectivity index (χ4v) is 2.79. The minimum atomic E-state index is -0.283. The molecule has 1 aliphatic carbocycles. The molecule has 0 heterocycles. The number of nitrogens with zero attached hydrogens (tertiary/aromatic N) is 1. The van der Waals surface area contributed by atoms with E-state index in [1.807, 2.05) is 0 Å². The summed E-state index contributed by atoms with van der Waals surface area (Å²) in [6.45, 7) is 0. The molecule has 0 spiro atoms. The Balaban J connectivity index is 2.19. The summed E-state index contributed by atoms with van der Waals surface area (Å²) in [6.07, 6.45) is 7.23. The third kappa shape index (κ3) is 4.01. The predicted molar refractivity (Wildman–Crippen MR) is 79.5 cm³/mol. The van der Waals surface area contributed by atoms with E-state index in [1.165, 1.54) is 31.7 Å². The SMILES string of the molecule is NNC(=NC1CCCCCC1)c1ccc(F)c(Br)c1. The van der Waals surface area contributed by atoms with Crippen molar-refractivity contribution in [2.24, 2.45) is 10.8 Å². The molecule has 0 atom stereocenters. The van der Waals surface area contributed by atoms with Crippen LogP contribution in [-0.4, -0.2) is 11.9 Å². The van der Waals surface area contributed by atoms with Crippen LogP contribution in [0, 0.1) is 5.82 Å². The van der Waals surface area contributed by atoms with Crippen LogP contribution in [0.5, 0.6) is 0 Å². The lowest BCUT2D eigenvalue weighted by Crippen LogP contribution is -2.32. The van der Waals surface area contributed by atoms with Crippen LogP contribution in [0.2, 0.25) is 0 Å². The van der Waals surface area contributed by atoms with Gasteiger partial charge in [-0.3, -0.25) is 4.99 Å². The van der Waals surface area contributed by atoms with Crippen LogP contribution in [0.15, 0.2) is 27.7 Å². The lowest BCUT2D eigenvalue weighted by atomic mass is 10.1. The van der Waals surface area contributed by atoms with Gasteiger partial charge in [-0.25, -0.2) is 10.2 Å². The average molecular weight is 328 g/mol. The first-order valence-electron chi connectivity index (χ1n) is 6.70. The molecule has 0 amide bonds. The molecular formula is C14H19BrFN3. The van der Waals surface area contributed by atoms with Gasteiger partial charge in [0, 0.05) is 5.56 Å². The molecule has 1 fully saturated rings. The van der Waals surface area contributed by atoms with Crippen LogP contribution < -0.4 is 11.3 Å². The van der Waals surface area contributed by atoms with Crippen LogP contribution in [0.25, 0.3) is 0 Å². The van der Waals surface area contributed by atoms with E-state index < -0.39 is 0 Å². The Morgan fingerprint density at radius 1 is 1.26 bits per heavy atom. The van der Waals surface area contributed by atoms with Crippen LogP contribution in [0.3, 0.4) is 0 Å². The number of halogens is 2. The van der Waals surface area contributed by atoms with E-state index in [9.17, 15) is 4.39 Å². The third-order valence-corrected chi connectivity index (χ3v) is 4.07. The summed E-state index contributed by atoms with van der Waals surface area (Å²) in [4.78, 5) is 4.69. The van der Waals surface area contributed by atoms with Crippen molar-refractivity contribution in [2.45, 2.75) is 44.6 Å². The summed E-state index contributed by atoms with van der Waals surface area (Å²) >= 11 is 3.18. The second-order valence-corrected chi connectivity index (χ2v) is 5.75. The number of nitrogens with one attached hydrogen (secondary N) is 1. The largest absolute Gasteiger partial charge is 0.308 e. The number of hydrogen-bond acceptors (Lipinski definition) is 2. The van der Waals surface area contributed by atoms with Crippen molar-refractivity contribution in [3.63, 3.8) is 0 Å². The zero-order valence-electron chi connectivity index (χ0n) is 10.8. The Kier molecular flexibility index (Phi) is 5.34. The van der Waals surface area contributed by atoms with Crippen LogP contribution in [-0.2, 0) is 0 Å². The molecule has 2 rings (SSSR count). The predicted octanol–water partition coefficient (Wildman–Crippen LogP) is 3.52.